The second-order valence-corrected chi connectivity index (χ2v) is 5.29. The van der Waals surface area contributed by atoms with Crippen LogP contribution in [0.3, 0.4) is 0 Å². The SMILES string of the molecule is N#CCCCCON1CCN=C1Nc1c(Cl)cccc1Cl. The lowest BCUT2D eigenvalue weighted by Crippen LogP contribution is -2.33. The van der Waals surface area contributed by atoms with Gasteiger partial charge in [0.05, 0.1) is 41.5 Å². The quantitative estimate of drug-likeness (QED) is 0.809. The predicted molar refractivity (Wildman–Crippen MR) is 84.5 cm³/mol. The fourth-order valence-electron chi connectivity index (χ4n) is 1.87. The van der Waals surface area contributed by atoms with Gasteiger partial charge < -0.3 is 5.32 Å². The van der Waals surface area contributed by atoms with Gasteiger partial charge in [0.25, 0.3) is 0 Å². The van der Waals surface area contributed by atoms with Crippen molar-refractivity contribution in [2.24, 2.45) is 4.99 Å². The van der Waals surface area contributed by atoms with E-state index in [2.05, 4.69) is 16.4 Å². The molecule has 112 valence electrons. The minimum atomic E-state index is 0.533. The van der Waals surface area contributed by atoms with Crippen molar-refractivity contribution in [3.63, 3.8) is 0 Å². The van der Waals surface area contributed by atoms with Crippen molar-refractivity contribution in [2.45, 2.75) is 19.3 Å². The monoisotopic (exact) mass is 326 g/mol. The van der Waals surface area contributed by atoms with E-state index in [0.29, 0.717) is 47.8 Å². The molecule has 0 bridgehead atoms. The zero-order valence-electron chi connectivity index (χ0n) is 11.5. The van der Waals surface area contributed by atoms with E-state index in [9.17, 15) is 0 Å². The Balaban J connectivity index is 1.89. The van der Waals surface area contributed by atoms with Gasteiger partial charge in [-0.2, -0.15) is 5.26 Å². The highest BCUT2D eigenvalue weighted by molar-refractivity contribution is 6.39. The molecule has 0 aliphatic carbocycles. The summed E-state index contributed by atoms with van der Waals surface area (Å²) in [7, 11) is 0. The van der Waals surface area contributed by atoms with Crippen LogP contribution in [0.2, 0.25) is 10.0 Å². The first-order chi connectivity index (χ1) is 10.2. The molecule has 7 heteroatoms. The van der Waals surface area contributed by atoms with Gasteiger partial charge in [-0.3, -0.25) is 4.84 Å². The minimum Gasteiger partial charge on any atom is -0.322 e. The van der Waals surface area contributed by atoms with Crippen LogP contribution in [0.4, 0.5) is 5.69 Å². The number of rotatable bonds is 6. The summed E-state index contributed by atoms with van der Waals surface area (Å²) in [5, 5.41) is 14.4. The number of hydrogen-bond acceptors (Lipinski definition) is 5. The number of halogens is 2. The smallest absolute Gasteiger partial charge is 0.223 e. The number of nitrogens with one attached hydrogen (secondary N) is 1. The Kier molecular flexibility index (Phi) is 6.12. The normalized spacial score (nSPS) is 14.0. The molecular weight excluding hydrogens is 311 g/mol. The zero-order chi connectivity index (χ0) is 15.1. The van der Waals surface area contributed by atoms with E-state index in [-0.39, 0.29) is 0 Å². The molecule has 0 saturated carbocycles. The van der Waals surface area contributed by atoms with Crippen LogP contribution < -0.4 is 5.32 Å². The van der Waals surface area contributed by atoms with Gasteiger partial charge >= 0.3 is 0 Å². The molecule has 0 unspecified atom stereocenters. The van der Waals surface area contributed by atoms with Gasteiger partial charge in [0, 0.05) is 6.42 Å². The van der Waals surface area contributed by atoms with E-state index in [1.54, 1.807) is 23.3 Å². The van der Waals surface area contributed by atoms with E-state index in [1.165, 1.54) is 0 Å². The van der Waals surface area contributed by atoms with Crippen LogP contribution in [-0.4, -0.2) is 30.7 Å². The second kappa shape index (κ2) is 8.08. The molecule has 0 radical (unpaired) electrons. The van der Waals surface area contributed by atoms with Gasteiger partial charge in [0.2, 0.25) is 5.96 Å². The summed E-state index contributed by atoms with van der Waals surface area (Å²) in [6.45, 7) is 1.89. The number of hydroxylamine groups is 2. The highest BCUT2D eigenvalue weighted by atomic mass is 35.5. The molecule has 0 saturated heterocycles. The Hall–Kier alpha value is -1.48. The lowest BCUT2D eigenvalue weighted by atomic mass is 10.3. The fraction of sp³-hybridized carbons (Fsp3) is 0.429. The zero-order valence-corrected chi connectivity index (χ0v) is 13.0. The molecule has 0 fully saturated rings. The number of unbranched alkanes of at least 4 members (excludes halogenated alkanes) is 2. The first-order valence-corrected chi connectivity index (χ1v) is 7.51. The number of benzene rings is 1. The Morgan fingerprint density at radius 3 is 2.81 bits per heavy atom. The molecule has 1 aliphatic rings. The van der Waals surface area contributed by atoms with Crippen molar-refractivity contribution >= 4 is 34.8 Å². The average Bonchev–Trinajstić information content (AvgIpc) is 2.90. The highest BCUT2D eigenvalue weighted by Crippen LogP contribution is 2.30. The van der Waals surface area contributed by atoms with E-state index >= 15 is 0 Å². The molecule has 0 atom stereocenters. The first kappa shape index (κ1) is 15.9. The summed E-state index contributed by atoms with van der Waals surface area (Å²) in [4.78, 5) is 10.0. The van der Waals surface area contributed by atoms with Crippen LogP contribution in [0.25, 0.3) is 0 Å². The van der Waals surface area contributed by atoms with Crippen molar-refractivity contribution in [2.75, 3.05) is 25.0 Å². The Morgan fingerprint density at radius 1 is 1.33 bits per heavy atom. The van der Waals surface area contributed by atoms with E-state index in [4.69, 9.17) is 33.3 Å². The molecule has 1 aromatic carbocycles. The fourth-order valence-corrected chi connectivity index (χ4v) is 2.36. The van der Waals surface area contributed by atoms with Crippen molar-refractivity contribution in [1.29, 1.82) is 5.26 Å². The molecular formula is C14H16Cl2N4O. The van der Waals surface area contributed by atoms with Gasteiger partial charge in [-0.05, 0) is 25.0 Å². The van der Waals surface area contributed by atoms with Crippen LogP contribution in [0.15, 0.2) is 23.2 Å². The summed E-state index contributed by atoms with van der Waals surface area (Å²) in [6.07, 6.45) is 2.22. The van der Waals surface area contributed by atoms with E-state index in [1.807, 2.05) is 0 Å². The van der Waals surface area contributed by atoms with Crippen molar-refractivity contribution in [3.8, 4) is 6.07 Å². The molecule has 21 heavy (non-hydrogen) atoms. The van der Waals surface area contributed by atoms with Crippen molar-refractivity contribution in [3.05, 3.63) is 28.2 Å². The van der Waals surface area contributed by atoms with Gasteiger partial charge in [-0.15, -0.1) is 0 Å². The Bertz CT molecular complexity index is 536. The molecule has 1 aliphatic heterocycles. The average molecular weight is 327 g/mol. The number of nitriles is 1. The summed E-state index contributed by atoms with van der Waals surface area (Å²) < 4.78 is 0. The summed E-state index contributed by atoms with van der Waals surface area (Å²) >= 11 is 12.3. The molecule has 0 spiro atoms. The van der Waals surface area contributed by atoms with E-state index < -0.39 is 0 Å². The molecule has 5 nitrogen and oxygen atoms in total. The molecule has 1 heterocycles. The topological polar surface area (TPSA) is 60.6 Å². The molecule has 0 aromatic heterocycles. The summed E-state index contributed by atoms with van der Waals surface area (Å²) in [6, 6.07) is 7.43. The maximum atomic E-state index is 8.48. The lowest BCUT2D eigenvalue weighted by Gasteiger charge is -2.21. The van der Waals surface area contributed by atoms with Gasteiger partial charge in [0.15, 0.2) is 0 Å². The van der Waals surface area contributed by atoms with Crippen LogP contribution in [-0.2, 0) is 4.84 Å². The summed E-state index contributed by atoms with van der Waals surface area (Å²) in [5.74, 6) is 0.602. The van der Waals surface area contributed by atoms with Crippen molar-refractivity contribution in [1.82, 2.24) is 5.06 Å². The molecule has 1 aromatic rings. The van der Waals surface area contributed by atoms with Crippen LogP contribution >= 0.6 is 23.2 Å². The van der Waals surface area contributed by atoms with Crippen LogP contribution in [0.1, 0.15) is 19.3 Å². The highest BCUT2D eigenvalue weighted by Gasteiger charge is 2.19. The second-order valence-electron chi connectivity index (χ2n) is 4.48. The summed E-state index contributed by atoms with van der Waals surface area (Å²) in [5.41, 5.74) is 0.625. The van der Waals surface area contributed by atoms with Crippen molar-refractivity contribution < 1.29 is 4.84 Å². The third-order valence-electron chi connectivity index (χ3n) is 2.93. The molecule has 2 rings (SSSR count). The van der Waals surface area contributed by atoms with E-state index in [0.717, 1.165) is 12.8 Å². The largest absolute Gasteiger partial charge is 0.322 e. The first-order valence-electron chi connectivity index (χ1n) is 6.75. The van der Waals surface area contributed by atoms with Gasteiger partial charge in [0.1, 0.15) is 0 Å². The van der Waals surface area contributed by atoms with Crippen LogP contribution in [0, 0.1) is 11.3 Å². The van der Waals surface area contributed by atoms with Crippen LogP contribution in [0.5, 0.6) is 0 Å². The van der Waals surface area contributed by atoms with Gasteiger partial charge in [-0.25, -0.2) is 10.1 Å². The number of aliphatic imine (C=N–C) groups is 1. The molecule has 1 N–H and O–H groups in total. The lowest BCUT2D eigenvalue weighted by molar-refractivity contribution is -0.0922. The number of para-hydroxylation sites is 1. The number of guanidine groups is 1. The number of nitrogens with zero attached hydrogens (tertiary/aromatic N) is 3. The van der Waals surface area contributed by atoms with Gasteiger partial charge in [-0.1, -0.05) is 29.3 Å². The number of hydrogen-bond donors (Lipinski definition) is 1. The third-order valence-corrected chi connectivity index (χ3v) is 3.56. The third kappa shape index (κ3) is 4.50. The minimum absolute atomic E-state index is 0.533. The molecule has 0 amide bonds. The Morgan fingerprint density at radius 2 is 2.10 bits per heavy atom. The maximum absolute atomic E-state index is 8.48. The maximum Gasteiger partial charge on any atom is 0.223 e. The number of anilines is 1. The predicted octanol–water partition coefficient (Wildman–Crippen LogP) is 3.70. The standard InChI is InChI=1S/C14H16Cl2N4O/c15-11-5-4-6-12(16)13(11)19-14-18-8-9-20(14)21-10-3-1-2-7-17/h4-6H,1-3,8-10H2,(H,18,19). The Labute approximate surface area is 134 Å².